The highest BCUT2D eigenvalue weighted by Gasteiger charge is 2.77. The van der Waals surface area contributed by atoms with Crippen LogP contribution in [-0.2, 0) is 16.0 Å². The molecule has 5 rings (SSSR count). The molecule has 0 spiro atoms. The first-order valence-corrected chi connectivity index (χ1v) is 11.5. The lowest BCUT2D eigenvalue weighted by Gasteiger charge is -2.40. The number of hydroxylamine groups is 1. The summed E-state index contributed by atoms with van der Waals surface area (Å²) in [5.41, 5.74) is 1.53. The SMILES string of the molecule is CONC[C@H]1[C@@H](O)[C@@]2(O)c3c(cc(OC)nc3OC)O[C@@]2(c2ccc(C#N)cc2)[C@@H]1c1ccccc1. The lowest BCUT2D eigenvalue weighted by molar-refractivity contribution is -0.152. The molecule has 0 unspecified atom stereocenters. The van der Waals surface area contributed by atoms with Gasteiger partial charge < -0.3 is 29.3 Å². The van der Waals surface area contributed by atoms with E-state index in [2.05, 4.69) is 16.5 Å². The number of aromatic nitrogens is 1. The molecule has 2 aromatic carbocycles. The van der Waals surface area contributed by atoms with Crippen LogP contribution in [0.3, 0.4) is 0 Å². The van der Waals surface area contributed by atoms with Crippen LogP contribution in [0.5, 0.6) is 17.5 Å². The van der Waals surface area contributed by atoms with Gasteiger partial charge in [-0.2, -0.15) is 10.2 Å². The van der Waals surface area contributed by atoms with E-state index in [0.29, 0.717) is 16.9 Å². The van der Waals surface area contributed by atoms with E-state index in [0.717, 1.165) is 5.56 Å². The summed E-state index contributed by atoms with van der Waals surface area (Å²) in [7, 11) is 4.41. The summed E-state index contributed by atoms with van der Waals surface area (Å²) >= 11 is 0. The minimum atomic E-state index is -1.97. The van der Waals surface area contributed by atoms with Crippen molar-refractivity contribution in [3.8, 4) is 23.6 Å². The molecule has 1 fully saturated rings. The molecule has 9 heteroatoms. The number of hydrogen-bond donors (Lipinski definition) is 3. The third kappa shape index (κ3) is 3.20. The summed E-state index contributed by atoms with van der Waals surface area (Å²) in [4.78, 5) is 9.51. The Hall–Kier alpha value is -3.68. The number of nitriles is 1. The van der Waals surface area contributed by atoms with Crippen LogP contribution in [0.4, 0.5) is 0 Å². The van der Waals surface area contributed by atoms with E-state index in [4.69, 9.17) is 19.0 Å². The predicted octanol–water partition coefficient (Wildman–Crippen LogP) is 2.37. The molecular weight excluding hydrogens is 462 g/mol. The van der Waals surface area contributed by atoms with Crippen molar-refractivity contribution in [2.45, 2.75) is 23.2 Å². The fourth-order valence-electron chi connectivity index (χ4n) is 5.86. The van der Waals surface area contributed by atoms with Gasteiger partial charge in [-0.3, -0.25) is 0 Å². The molecule has 9 nitrogen and oxygen atoms in total. The van der Waals surface area contributed by atoms with E-state index < -0.39 is 29.1 Å². The average molecular weight is 490 g/mol. The maximum atomic E-state index is 12.7. The first-order chi connectivity index (χ1) is 17.5. The minimum absolute atomic E-state index is 0.0913. The Labute approximate surface area is 208 Å². The van der Waals surface area contributed by atoms with E-state index in [9.17, 15) is 15.5 Å². The Morgan fingerprint density at radius 1 is 1.08 bits per heavy atom. The van der Waals surface area contributed by atoms with Crippen molar-refractivity contribution in [2.75, 3.05) is 27.9 Å². The van der Waals surface area contributed by atoms with Gasteiger partial charge >= 0.3 is 0 Å². The van der Waals surface area contributed by atoms with Crippen LogP contribution in [0.15, 0.2) is 60.7 Å². The van der Waals surface area contributed by atoms with E-state index in [1.54, 1.807) is 30.3 Å². The Morgan fingerprint density at radius 2 is 1.81 bits per heavy atom. The second kappa shape index (κ2) is 9.08. The molecular formula is C27H27N3O6. The zero-order chi connectivity index (χ0) is 25.5. The van der Waals surface area contributed by atoms with Crippen molar-refractivity contribution in [2.24, 2.45) is 5.92 Å². The van der Waals surface area contributed by atoms with Gasteiger partial charge in [-0.1, -0.05) is 42.5 Å². The summed E-state index contributed by atoms with van der Waals surface area (Å²) in [6.45, 7) is 0.224. The van der Waals surface area contributed by atoms with Crippen LogP contribution in [0.2, 0.25) is 0 Å². The highest BCUT2D eigenvalue weighted by Crippen LogP contribution is 2.69. The van der Waals surface area contributed by atoms with Crippen LogP contribution in [-0.4, -0.2) is 49.2 Å². The lowest BCUT2D eigenvalue weighted by Crippen LogP contribution is -2.52. The van der Waals surface area contributed by atoms with E-state index in [-0.39, 0.29) is 23.9 Å². The van der Waals surface area contributed by atoms with Crippen LogP contribution in [0.1, 0.15) is 28.2 Å². The number of aliphatic hydroxyl groups is 2. The largest absolute Gasteiger partial charge is 0.481 e. The first-order valence-electron chi connectivity index (χ1n) is 11.5. The van der Waals surface area contributed by atoms with Gasteiger partial charge in [0, 0.05) is 24.4 Å². The molecule has 0 radical (unpaired) electrons. The molecule has 1 aliphatic carbocycles. The number of aliphatic hydroxyl groups excluding tert-OH is 1. The summed E-state index contributed by atoms with van der Waals surface area (Å²) in [6.07, 6.45) is -1.31. The molecule has 1 saturated carbocycles. The number of benzene rings is 2. The molecule has 2 aliphatic rings. The molecule has 3 N–H and O–H groups in total. The number of nitrogens with zero attached hydrogens (tertiary/aromatic N) is 2. The number of pyridine rings is 1. The van der Waals surface area contributed by atoms with Gasteiger partial charge in [-0.25, -0.2) is 5.48 Å². The van der Waals surface area contributed by atoms with Gasteiger partial charge in [0.1, 0.15) is 5.75 Å². The van der Waals surface area contributed by atoms with Crippen molar-refractivity contribution in [1.29, 1.82) is 5.26 Å². The maximum Gasteiger partial charge on any atom is 0.226 e. The lowest BCUT2D eigenvalue weighted by atomic mass is 9.70. The summed E-state index contributed by atoms with van der Waals surface area (Å²) in [5.74, 6) is -0.463. The first kappa shape index (κ1) is 24.0. The third-order valence-corrected chi connectivity index (χ3v) is 7.31. The fourth-order valence-corrected chi connectivity index (χ4v) is 5.86. The normalized spacial score (nSPS) is 28.1. The highest BCUT2D eigenvalue weighted by molar-refractivity contribution is 5.60. The maximum absolute atomic E-state index is 12.7. The molecule has 5 atom stereocenters. The topological polar surface area (TPSA) is 126 Å². The van der Waals surface area contributed by atoms with Crippen LogP contribution < -0.4 is 19.7 Å². The molecule has 1 aliphatic heterocycles. The summed E-state index contributed by atoms with van der Waals surface area (Å²) in [6, 6.07) is 20.1. The van der Waals surface area contributed by atoms with Crippen LogP contribution in [0.25, 0.3) is 0 Å². The molecule has 0 saturated heterocycles. The van der Waals surface area contributed by atoms with Crippen molar-refractivity contribution in [1.82, 2.24) is 10.5 Å². The molecule has 186 valence electrons. The number of hydrogen-bond acceptors (Lipinski definition) is 9. The number of ether oxygens (including phenoxy) is 3. The van der Waals surface area contributed by atoms with Gasteiger partial charge in [-0.05, 0) is 23.3 Å². The number of methoxy groups -OCH3 is 2. The van der Waals surface area contributed by atoms with Crippen molar-refractivity contribution in [3.05, 3.63) is 82.9 Å². The van der Waals surface area contributed by atoms with Crippen molar-refractivity contribution < 1.29 is 29.3 Å². The molecule has 36 heavy (non-hydrogen) atoms. The van der Waals surface area contributed by atoms with Gasteiger partial charge in [0.05, 0.1) is 44.6 Å². The van der Waals surface area contributed by atoms with Gasteiger partial charge in [0.15, 0.2) is 11.2 Å². The fraction of sp³-hybridized carbons (Fsp3) is 0.333. The highest BCUT2D eigenvalue weighted by atomic mass is 16.6. The van der Waals surface area contributed by atoms with Crippen LogP contribution >= 0.6 is 0 Å². The Kier molecular flexibility index (Phi) is 6.06. The zero-order valence-electron chi connectivity index (χ0n) is 20.1. The molecule has 0 amide bonds. The second-order valence-corrected chi connectivity index (χ2v) is 8.89. The van der Waals surface area contributed by atoms with Crippen molar-refractivity contribution >= 4 is 0 Å². The molecule has 0 bridgehead atoms. The van der Waals surface area contributed by atoms with Gasteiger partial charge in [-0.15, -0.1) is 0 Å². The summed E-state index contributed by atoms with van der Waals surface area (Å²) < 4.78 is 17.7. The number of rotatable bonds is 7. The molecule has 2 heterocycles. The smallest absolute Gasteiger partial charge is 0.226 e. The zero-order valence-corrected chi connectivity index (χ0v) is 20.1. The van der Waals surface area contributed by atoms with Gasteiger partial charge in [0.25, 0.3) is 0 Å². The van der Waals surface area contributed by atoms with E-state index in [1.165, 1.54) is 21.3 Å². The molecule has 1 aromatic heterocycles. The van der Waals surface area contributed by atoms with E-state index >= 15 is 0 Å². The molecule has 3 aromatic rings. The monoisotopic (exact) mass is 489 g/mol. The Balaban J connectivity index is 1.84. The number of fused-ring (bicyclic) bond motifs is 3. The second-order valence-electron chi connectivity index (χ2n) is 8.89. The van der Waals surface area contributed by atoms with Crippen molar-refractivity contribution in [3.63, 3.8) is 0 Å². The van der Waals surface area contributed by atoms with Crippen LogP contribution in [0, 0.1) is 17.2 Å². The minimum Gasteiger partial charge on any atom is -0.481 e. The third-order valence-electron chi connectivity index (χ3n) is 7.31. The standard InChI is InChI=1S/C27H27N3O6/c1-33-21-13-20-23(25(30-21)34-2)26(32)24(31)19(15-29-35-3)22(17-7-5-4-6-8-17)27(26,36-20)18-11-9-16(14-28)10-12-18/h4-13,19,22,24,29,31-32H,15H2,1-3H3/t19-,22-,24-,26+,27+/m1/s1. The predicted molar refractivity (Wildman–Crippen MR) is 128 cm³/mol. The number of nitrogens with one attached hydrogen (secondary N) is 1. The quantitative estimate of drug-likeness (QED) is 0.429. The Bertz CT molecular complexity index is 1300. The van der Waals surface area contributed by atoms with E-state index in [1.807, 2.05) is 30.3 Å². The average Bonchev–Trinajstić information content (AvgIpc) is 3.29. The van der Waals surface area contributed by atoms with Gasteiger partial charge in [0.2, 0.25) is 11.8 Å². The summed E-state index contributed by atoms with van der Waals surface area (Å²) in [5, 5.41) is 34.0. The Morgan fingerprint density at radius 3 is 2.42 bits per heavy atom.